The number of rotatable bonds is 11. The second kappa shape index (κ2) is 6.82. The Hall–Kier alpha value is -3.36. The summed E-state index contributed by atoms with van der Waals surface area (Å²) in [5.41, 5.74) is 0. The summed E-state index contributed by atoms with van der Waals surface area (Å²) in [5, 5.41) is 70.2. The fraction of sp³-hybridized carbons (Fsp3) is 1.00. The topological polar surface area (TPSA) is 290 Å². The van der Waals surface area contributed by atoms with Gasteiger partial charge in [0.2, 0.25) is 0 Å². The molecule has 0 saturated heterocycles. The van der Waals surface area contributed by atoms with Crippen LogP contribution < -0.4 is 0 Å². The van der Waals surface area contributed by atoms with Crippen molar-refractivity contribution in [3.05, 3.63) is 40.5 Å². The van der Waals surface area contributed by atoms with E-state index in [4.69, 9.17) is 5.11 Å². The van der Waals surface area contributed by atoms with Crippen LogP contribution in [0.2, 0.25) is 0 Å². The van der Waals surface area contributed by atoms with Crippen LogP contribution >= 0.6 is 0 Å². The maximum atomic E-state index is 10.3. The van der Waals surface area contributed by atoms with Crippen molar-refractivity contribution >= 4 is 0 Å². The van der Waals surface area contributed by atoms with Crippen LogP contribution in [0.15, 0.2) is 0 Å². The largest absolute Gasteiger partial charge is 0.423 e. The molecule has 0 fully saturated rings. The van der Waals surface area contributed by atoms with E-state index in [1.54, 1.807) is 0 Å². The minimum absolute atomic E-state index is 2.02. The molecule has 138 valence electrons. The molecule has 0 spiro atoms. The first-order chi connectivity index (χ1) is 10.7. The van der Waals surface area contributed by atoms with Gasteiger partial charge < -0.3 is 20.4 Å². The molecular weight excluding hydrogens is 360 g/mol. The van der Waals surface area contributed by atoms with Crippen molar-refractivity contribution in [3.8, 4) is 0 Å². The van der Waals surface area contributed by atoms with Crippen molar-refractivity contribution in [3.63, 3.8) is 0 Å². The lowest BCUT2D eigenvalue weighted by Crippen LogP contribution is -2.74. The maximum absolute atomic E-state index is 10.3. The van der Waals surface area contributed by atoms with Crippen LogP contribution in [-0.2, 0) is 19.4 Å². The smallest absolute Gasteiger partial charge is 0.391 e. The van der Waals surface area contributed by atoms with E-state index in [0.29, 0.717) is 0 Å². The SMILES string of the molecule is O=[N+]([O-])OC(O)(CO)C(O)(O[N+](=O)[O-])C(O)(O[N+](=O)[O-])O[N+](=O)[O-]. The zero-order valence-electron chi connectivity index (χ0n) is 10.7. The average molecular weight is 366 g/mol. The van der Waals surface area contributed by atoms with Crippen LogP contribution in [-0.4, -0.2) is 64.9 Å². The Bertz CT molecular complexity index is 518. The molecule has 0 heterocycles. The highest BCUT2D eigenvalue weighted by atomic mass is 17.1. The maximum Gasteiger partial charge on any atom is 0.423 e. The lowest BCUT2D eigenvalue weighted by molar-refractivity contribution is -0.940. The van der Waals surface area contributed by atoms with Crippen LogP contribution in [0.1, 0.15) is 0 Å². The van der Waals surface area contributed by atoms with Gasteiger partial charge in [0, 0.05) is 0 Å². The van der Waals surface area contributed by atoms with Crippen molar-refractivity contribution in [2.75, 3.05) is 6.61 Å². The van der Waals surface area contributed by atoms with Gasteiger partial charge in [0.05, 0.1) is 0 Å². The minimum atomic E-state index is -4.95. The number of nitrogens with zero attached hydrogens (tertiary/aromatic N) is 4. The average Bonchev–Trinajstić information content (AvgIpc) is 2.34. The lowest BCUT2D eigenvalue weighted by Gasteiger charge is -2.43. The molecule has 0 aromatic heterocycles. The molecule has 20 nitrogen and oxygen atoms in total. The second-order valence-corrected chi connectivity index (χ2v) is 3.43. The molecule has 24 heavy (non-hydrogen) atoms. The Morgan fingerprint density at radius 2 is 1.04 bits per heavy atom. The third-order valence-electron chi connectivity index (χ3n) is 2.00. The fourth-order valence-electron chi connectivity index (χ4n) is 1.15. The number of aliphatic hydroxyl groups is 4. The molecule has 0 aliphatic carbocycles. The number of hydrogen-bond donors (Lipinski definition) is 4. The van der Waals surface area contributed by atoms with Gasteiger partial charge in [0.15, 0.2) is 0 Å². The van der Waals surface area contributed by atoms with Crippen LogP contribution in [0.5, 0.6) is 0 Å². The molecule has 0 aromatic rings. The Morgan fingerprint density at radius 1 is 0.708 bits per heavy atom. The molecule has 4 N–H and O–H groups in total. The third-order valence-corrected chi connectivity index (χ3v) is 2.00. The number of aliphatic hydroxyl groups excluding tert-OH is 1. The summed E-state index contributed by atoms with van der Waals surface area (Å²) in [6, 6.07) is 0. The highest BCUT2D eigenvalue weighted by Gasteiger charge is 2.74. The first kappa shape index (κ1) is 20.6. The second-order valence-electron chi connectivity index (χ2n) is 3.43. The van der Waals surface area contributed by atoms with Crippen molar-refractivity contribution < 1.29 is 60.1 Å². The first-order valence-corrected chi connectivity index (χ1v) is 4.85. The first-order valence-electron chi connectivity index (χ1n) is 4.85. The summed E-state index contributed by atoms with van der Waals surface area (Å²) in [7, 11) is 0. The van der Waals surface area contributed by atoms with Gasteiger partial charge >= 0.3 is 11.8 Å². The van der Waals surface area contributed by atoms with E-state index in [1.807, 2.05) is 0 Å². The molecular formula is C4H6N4O16. The van der Waals surface area contributed by atoms with E-state index < -0.39 is 44.5 Å². The van der Waals surface area contributed by atoms with Gasteiger partial charge in [-0.25, -0.2) is 9.68 Å². The molecule has 0 aliphatic rings. The molecule has 2 atom stereocenters. The summed E-state index contributed by atoms with van der Waals surface area (Å²) in [5.74, 6) is -14.4. The van der Waals surface area contributed by atoms with Gasteiger partial charge in [0.25, 0.3) is 26.1 Å². The summed E-state index contributed by atoms with van der Waals surface area (Å²) in [6.07, 6.45) is 0. The van der Waals surface area contributed by atoms with Crippen LogP contribution in [0.25, 0.3) is 0 Å². The van der Waals surface area contributed by atoms with E-state index in [2.05, 4.69) is 19.4 Å². The summed E-state index contributed by atoms with van der Waals surface area (Å²) >= 11 is 0. The Kier molecular flexibility index (Phi) is 5.86. The highest BCUT2D eigenvalue weighted by molar-refractivity contribution is 4.90. The Labute approximate surface area is 126 Å². The fourth-order valence-corrected chi connectivity index (χ4v) is 1.15. The Balaban J connectivity index is 6.42. The van der Waals surface area contributed by atoms with E-state index >= 15 is 0 Å². The molecule has 0 rings (SSSR count). The van der Waals surface area contributed by atoms with Crippen molar-refractivity contribution in [2.24, 2.45) is 0 Å². The monoisotopic (exact) mass is 366 g/mol. The van der Waals surface area contributed by atoms with Crippen molar-refractivity contribution in [2.45, 2.75) is 17.5 Å². The molecule has 0 radical (unpaired) electrons. The lowest BCUT2D eigenvalue weighted by atomic mass is 10.0. The predicted octanol–water partition coefficient (Wildman–Crippen LogP) is -4.16. The minimum Gasteiger partial charge on any atom is -0.391 e. The molecule has 0 amide bonds. The van der Waals surface area contributed by atoms with Gasteiger partial charge in [-0.15, -0.1) is 40.5 Å². The quantitative estimate of drug-likeness (QED) is 0.153. The summed E-state index contributed by atoms with van der Waals surface area (Å²) < 4.78 is 0. The summed E-state index contributed by atoms with van der Waals surface area (Å²) in [6.45, 7) is -2.26. The van der Waals surface area contributed by atoms with E-state index in [-0.39, 0.29) is 0 Å². The van der Waals surface area contributed by atoms with Crippen molar-refractivity contribution in [1.82, 2.24) is 0 Å². The highest BCUT2D eigenvalue weighted by Crippen LogP contribution is 2.37. The van der Waals surface area contributed by atoms with Gasteiger partial charge in [0.1, 0.15) is 6.61 Å². The number of hydrogen-bond acceptors (Lipinski definition) is 16. The van der Waals surface area contributed by atoms with E-state index in [1.165, 1.54) is 0 Å². The molecule has 20 heteroatoms. The predicted molar refractivity (Wildman–Crippen MR) is 54.3 cm³/mol. The molecule has 0 bridgehead atoms. The molecule has 0 aliphatic heterocycles. The zero-order chi connectivity index (χ0) is 19.3. The van der Waals surface area contributed by atoms with Gasteiger partial charge in [-0.2, -0.15) is 0 Å². The van der Waals surface area contributed by atoms with Gasteiger partial charge in [-0.05, 0) is 0 Å². The van der Waals surface area contributed by atoms with Crippen LogP contribution in [0.3, 0.4) is 0 Å². The molecule has 2 unspecified atom stereocenters. The normalized spacial score (nSPS) is 16.0. The Morgan fingerprint density at radius 3 is 1.29 bits per heavy atom. The standard InChI is InChI=1S/C4H6N4O16/c9-1-2(10,21-5(13)14)3(11,22-6(15)16)4(12,23-7(17)18)24-8(19)20/h9-12H,1H2. The molecule has 0 saturated carbocycles. The van der Waals surface area contributed by atoms with E-state index in [9.17, 15) is 55.8 Å². The van der Waals surface area contributed by atoms with Gasteiger partial charge in [-0.1, -0.05) is 0 Å². The third kappa shape index (κ3) is 4.09. The summed E-state index contributed by atoms with van der Waals surface area (Å²) in [4.78, 5) is 53.7. The van der Waals surface area contributed by atoms with Crippen LogP contribution in [0.4, 0.5) is 0 Å². The van der Waals surface area contributed by atoms with Crippen molar-refractivity contribution in [1.29, 1.82) is 0 Å². The van der Waals surface area contributed by atoms with Crippen LogP contribution in [0, 0.1) is 40.5 Å². The zero-order valence-corrected chi connectivity index (χ0v) is 10.7. The van der Waals surface area contributed by atoms with Gasteiger partial charge in [-0.3, -0.25) is 9.68 Å². The van der Waals surface area contributed by atoms with E-state index in [0.717, 1.165) is 0 Å². The molecule has 0 aromatic carbocycles.